The van der Waals surface area contributed by atoms with Crippen molar-refractivity contribution in [1.82, 2.24) is 19.8 Å². The van der Waals surface area contributed by atoms with Crippen molar-refractivity contribution in [3.63, 3.8) is 0 Å². The number of hydrogen-bond acceptors (Lipinski definition) is 4. The van der Waals surface area contributed by atoms with Gasteiger partial charge in [-0.2, -0.15) is 9.61 Å². The minimum Gasteiger partial charge on any atom is -0.183 e. The number of hydrogen-bond donors (Lipinski definition) is 0. The number of benzene rings is 1. The summed E-state index contributed by atoms with van der Waals surface area (Å²) in [5.41, 5.74) is 2.65. The highest BCUT2D eigenvalue weighted by Gasteiger charge is 2.09. The molecule has 15 heavy (non-hydrogen) atoms. The Bertz CT molecular complexity index is 615. The fourth-order valence-electron chi connectivity index (χ4n) is 1.37. The smallest absolute Gasteiger partial charge is 0.183 e. The molecule has 2 heterocycles. The molecule has 0 bridgehead atoms. The Morgan fingerprint density at radius 1 is 1.27 bits per heavy atom. The average Bonchev–Trinajstić information content (AvgIpc) is 2.77. The zero-order valence-electron chi connectivity index (χ0n) is 7.46. The van der Waals surface area contributed by atoms with Crippen LogP contribution in [0, 0.1) is 0 Å². The van der Waals surface area contributed by atoms with Crippen molar-refractivity contribution >= 4 is 27.9 Å². The van der Waals surface area contributed by atoms with Gasteiger partial charge in [-0.05, 0) is 12.1 Å². The van der Waals surface area contributed by atoms with Crippen LogP contribution in [0.5, 0.6) is 0 Å². The minimum absolute atomic E-state index is 0.680. The van der Waals surface area contributed by atoms with Gasteiger partial charge in [-0.25, -0.2) is 0 Å². The molecule has 1 aromatic carbocycles. The molecule has 2 aromatic heterocycles. The van der Waals surface area contributed by atoms with Crippen LogP contribution < -0.4 is 0 Å². The lowest BCUT2D eigenvalue weighted by Crippen LogP contribution is -1.88. The Morgan fingerprint density at radius 2 is 2.20 bits per heavy atom. The van der Waals surface area contributed by atoms with Crippen molar-refractivity contribution in [2.24, 2.45) is 0 Å². The van der Waals surface area contributed by atoms with Gasteiger partial charge in [0.1, 0.15) is 5.51 Å². The van der Waals surface area contributed by atoms with Gasteiger partial charge in [0, 0.05) is 10.6 Å². The van der Waals surface area contributed by atoms with Gasteiger partial charge in [-0.3, -0.25) is 0 Å². The molecule has 0 amide bonds. The van der Waals surface area contributed by atoms with E-state index in [2.05, 4.69) is 15.3 Å². The fraction of sp³-hybridized carbons (Fsp3) is 0. The second-order valence-electron chi connectivity index (χ2n) is 2.97. The van der Waals surface area contributed by atoms with E-state index in [-0.39, 0.29) is 0 Å². The highest BCUT2D eigenvalue weighted by molar-refractivity contribution is 7.14. The summed E-state index contributed by atoms with van der Waals surface area (Å²) in [5, 5.41) is 12.9. The maximum Gasteiger partial charge on any atom is 0.234 e. The molecule has 0 N–H and O–H groups in total. The van der Waals surface area contributed by atoms with Crippen LogP contribution in [0.1, 0.15) is 0 Å². The van der Waals surface area contributed by atoms with Gasteiger partial charge in [0.25, 0.3) is 0 Å². The van der Waals surface area contributed by atoms with Crippen molar-refractivity contribution in [3.05, 3.63) is 34.8 Å². The molecule has 0 fully saturated rings. The number of aromatic nitrogens is 4. The van der Waals surface area contributed by atoms with E-state index in [1.807, 2.05) is 24.3 Å². The Morgan fingerprint density at radius 3 is 3.07 bits per heavy atom. The molecule has 0 aliphatic carbocycles. The van der Waals surface area contributed by atoms with E-state index in [1.54, 1.807) is 10.0 Å². The lowest BCUT2D eigenvalue weighted by Gasteiger charge is -1.96. The summed E-state index contributed by atoms with van der Waals surface area (Å²) in [6, 6.07) is 7.48. The van der Waals surface area contributed by atoms with Crippen LogP contribution in [-0.2, 0) is 0 Å². The minimum atomic E-state index is 0.680. The van der Waals surface area contributed by atoms with Crippen molar-refractivity contribution in [3.8, 4) is 11.4 Å². The van der Waals surface area contributed by atoms with E-state index in [0.717, 1.165) is 10.5 Å². The first kappa shape index (κ1) is 8.82. The Labute approximate surface area is 94.1 Å². The molecule has 0 radical (unpaired) electrons. The van der Waals surface area contributed by atoms with Crippen LogP contribution in [0.15, 0.2) is 29.8 Å². The Kier molecular flexibility index (Phi) is 1.93. The standard InChI is InChI=1S/C9H5ClN4S/c10-7-3-1-2-6(4-7)8-12-13-9-14(8)11-5-15-9/h1-5H. The molecule has 0 saturated carbocycles. The summed E-state index contributed by atoms with van der Waals surface area (Å²) in [7, 11) is 0. The van der Waals surface area contributed by atoms with Gasteiger partial charge in [-0.1, -0.05) is 35.1 Å². The summed E-state index contributed by atoms with van der Waals surface area (Å²) >= 11 is 7.36. The average molecular weight is 237 g/mol. The highest BCUT2D eigenvalue weighted by Crippen LogP contribution is 2.22. The molecule has 0 unspecified atom stereocenters. The maximum atomic E-state index is 5.91. The molecular formula is C9H5ClN4S. The number of rotatable bonds is 1. The van der Waals surface area contributed by atoms with Crippen LogP contribution in [-0.4, -0.2) is 19.8 Å². The van der Waals surface area contributed by atoms with Crippen LogP contribution in [0.2, 0.25) is 5.02 Å². The monoisotopic (exact) mass is 236 g/mol. The maximum absolute atomic E-state index is 5.91. The van der Waals surface area contributed by atoms with Crippen LogP contribution in [0.3, 0.4) is 0 Å². The SMILES string of the molecule is Clc1cccc(-c2nnc3scnn23)c1. The van der Waals surface area contributed by atoms with E-state index in [1.165, 1.54) is 11.3 Å². The molecule has 74 valence electrons. The van der Waals surface area contributed by atoms with E-state index < -0.39 is 0 Å². The summed E-state index contributed by atoms with van der Waals surface area (Å²) in [6.07, 6.45) is 0. The molecule has 0 aliphatic rings. The van der Waals surface area contributed by atoms with E-state index in [9.17, 15) is 0 Å². The predicted octanol–water partition coefficient (Wildman–Crippen LogP) is 2.51. The van der Waals surface area contributed by atoms with Crippen LogP contribution >= 0.6 is 22.9 Å². The largest absolute Gasteiger partial charge is 0.234 e. The lowest BCUT2D eigenvalue weighted by atomic mass is 10.2. The number of fused-ring (bicyclic) bond motifs is 1. The van der Waals surface area contributed by atoms with E-state index in [4.69, 9.17) is 11.6 Å². The van der Waals surface area contributed by atoms with E-state index >= 15 is 0 Å². The van der Waals surface area contributed by atoms with Gasteiger partial charge in [0.15, 0.2) is 5.82 Å². The summed E-state index contributed by atoms with van der Waals surface area (Å²) < 4.78 is 1.70. The second kappa shape index (κ2) is 3.29. The first-order valence-corrected chi connectivity index (χ1v) is 5.51. The molecule has 0 aliphatic heterocycles. The molecule has 0 spiro atoms. The van der Waals surface area contributed by atoms with Crippen molar-refractivity contribution in [2.45, 2.75) is 0 Å². The molecular weight excluding hydrogens is 232 g/mol. The van der Waals surface area contributed by atoms with Crippen LogP contribution in [0.25, 0.3) is 16.3 Å². The summed E-state index contributed by atoms with van der Waals surface area (Å²) in [4.78, 5) is 0.782. The molecule has 3 rings (SSSR count). The molecule has 6 heteroatoms. The zero-order chi connectivity index (χ0) is 10.3. The van der Waals surface area contributed by atoms with Crippen LogP contribution in [0.4, 0.5) is 0 Å². The molecule has 3 aromatic rings. The normalized spacial score (nSPS) is 11.0. The fourth-order valence-corrected chi connectivity index (χ4v) is 2.12. The van der Waals surface area contributed by atoms with Gasteiger partial charge in [-0.15, -0.1) is 10.2 Å². The van der Waals surface area contributed by atoms with Gasteiger partial charge in [0.05, 0.1) is 0 Å². The second-order valence-corrected chi connectivity index (χ2v) is 4.22. The van der Waals surface area contributed by atoms with Gasteiger partial charge < -0.3 is 0 Å². The van der Waals surface area contributed by atoms with E-state index in [0.29, 0.717) is 10.8 Å². The third kappa shape index (κ3) is 1.40. The highest BCUT2D eigenvalue weighted by atomic mass is 35.5. The number of halogens is 1. The molecule has 0 atom stereocenters. The third-order valence-electron chi connectivity index (χ3n) is 2.02. The van der Waals surface area contributed by atoms with Crippen molar-refractivity contribution in [2.75, 3.05) is 0 Å². The van der Waals surface area contributed by atoms with Gasteiger partial charge in [0.2, 0.25) is 4.96 Å². The van der Waals surface area contributed by atoms with Crippen molar-refractivity contribution < 1.29 is 0 Å². The summed E-state index contributed by atoms with van der Waals surface area (Å²) in [6.45, 7) is 0. The number of nitrogens with zero attached hydrogens (tertiary/aromatic N) is 4. The Hall–Kier alpha value is -1.46. The molecule has 4 nitrogen and oxygen atoms in total. The third-order valence-corrected chi connectivity index (χ3v) is 2.92. The summed E-state index contributed by atoms with van der Waals surface area (Å²) in [5.74, 6) is 0.716. The topological polar surface area (TPSA) is 43.1 Å². The quantitative estimate of drug-likeness (QED) is 0.652. The van der Waals surface area contributed by atoms with Crippen molar-refractivity contribution in [1.29, 1.82) is 0 Å². The molecule has 0 saturated heterocycles. The first-order chi connectivity index (χ1) is 7.34. The lowest BCUT2D eigenvalue weighted by molar-refractivity contribution is 0.966. The first-order valence-electron chi connectivity index (χ1n) is 4.25. The zero-order valence-corrected chi connectivity index (χ0v) is 9.03. The predicted molar refractivity (Wildman–Crippen MR) is 59.1 cm³/mol. The van der Waals surface area contributed by atoms with Gasteiger partial charge >= 0.3 is 0 Å². The Balaban J connectivity index is 2.26.